The summed E-state index contributed by atoms with van der Waals surface area (Å²) in [4.78, 5) is 0. The van der Waals surface area contributed by atoms with Crippen LogP contribution in [-0.2, 0) is 10.8 Å². The van der Waals surface area contributed by atoms with E-state index in [0.29, 0.717) is 0 Å². The smallest absolute Gasteiger partial charge is 0.0318 e. The highest BCUT2D eigenvalue weighted by atomic mass is 14.7. The summed E-state index contributed by atoms with van der Waals surface area (Å²) in [6.07, 6.45) is -0.287. The average Bonchev–Trinajstić information content (AvgIpc) is 3.36. The van der Waals surface area contributed by atoms with Crippen LogP contribution in [0, 0.1) is 13.8 Å². The molecule has 0 unspecified atom stereocenters. The van der Waals surface area contributed by atoms with Gasteiger partial charge in [0, 0.05) is 12.2 Å². The fourth-order valence-corrected chi connectivity index (χ4v) is 5.94. The van der Waals surface area contributed by atoms with Gasteiger partial charge in [-0.15, -0.1) is 0 Å². The van der Waals surface area contributed by atoms with Crippen LogP contribution in [0.4, 0.5) is 0 Å². The van der Waals surface area contributed by atoms with Gasteiger partial charge in [0.25, 0.3) is 0 Å². The second kappa shape index (κ2) is 6.81. The van der Waals surface area contributed by atoms with Gasteiger partial charge in [-0.3, -0.25) is 0 Å². The molecule has 0 spiro atoms. The molecule has 5 aromatic carbocycles. The molecule has 0 radical (unpaired) electrons. The molecule has 2 atom stereocenters. The summed E-state index contributed by atoms with van der Waals surface area (Å²) in [7, 11) is 0. The molecule has 0 heterocycles. The number of hydrogen-bond donors (Lipinski definition) is 0. The SMILES string of the molecule is [2H][C@@H]1C(c2ccc(C)c3ccccc23)(c2ccc(C)c3ccccc23)[C@@]1(C)c1ccccc1. The standard InChI is InChI=1S/C32H28/c1-22-17-19-29(27-15-9-7-13-25(22)27)32(21-31(32,3)24-11-5-4-6-12-24)30-20-18-23(2)26-14-8-10-16-28(26)30/h4-20H,21H2,1-3H3/t31-/m1/s1/i21D/t21-,31+/m0. The Kier molecular flexibility index (Phi) is 3.88. The van der Waals surface area contributed by atoms with Crippen molar-refractivity contribution in [3.8, 4) is 0 Å². The normalized spacial score (nSPS) is 22.1. The minimum absolute atomic E-state index is 0.287. The number of rotatable bonds is 3. The molecule has 1 fully saturated rings. The molecule has 6 rings (SSSR count). The van der Waals surface area contributed by atoms with Crippen molar-refractivity contribution in [1.29, 1.82) is 0 Å². The number of hydrogen-bond acceptors (Lipinski definition) is 0. The molecule has 0 amide bonds. The van der Waals surface area contributed by atoms with E-state index in [4.69, 9.17) is 0 Å². The van der Waals surface area contributed by atoms with Crippen LogP contribution >= 0.6 is 0 Å². The molecule has 5 aromatic rings. The van der Waals surface area contributed by atoms with Gasteiger partial charge in [-0.25, -0.2) is 0 Å². The molecule has 0 aliphatic heterocycles. The Bertz CT molecular complexity index is 1430. The maximum absolute atomic E-state index is 9.62. The van der Waals surface area contributed by atoms with Crippen LogP contribution in [0.1, 0.15) is 42.5 Å². The number of benzene rings is 5. The van der Waals surface area contributed by atoms with Crippen molar-refractivity contribution in [2.45, 2.75) is 38.0 Å². The summed E-state index contributed by atoms with van der Waals surface area (Å²) in [5, 5.41) is 5.08. The topological polar surface area (TPSA) is 0 Å². The lowest BCUT2D eigenvalue weighted by molar-refractivity contribution is 0.660. The minimum atomic E-state index is -0.436. The lowest BCUT2D eigenvalue weighted by atomic mass is 9.74. The Hall–Kier alpha value is -3.38. The Labute approximate surface area is 191 Å². The summed E-state index contributed by atoms with van der Waals surface area (Å²) in [5.74, 6) is 0. The molecule has 32 heavy (non-hydrogen) atoms. The first-order valence-electron chi connectivity index (χ1n) is 12.0. The van der Waals surface area contributed by atoms with Gasteiger partial charge in [-0.1, -0.05) is 110 Å². The third-order valence-corrected chi connectivity index (χ3v) is 7.75. The lowest BCUT2D eigenvalue weighted by Crippen LogP contribution is -2.22. The predicted molar refractivity (Wildman–Crippen MR) is 137 cm³/mol. The molecule has 0 bridgehead atoms. The van der Waals surface area contributed by atoms with E-state index in [1.807, 2.05) is 0 Å². The largest absolute Gasteiger partial charge is 0.0622 e. The monoisotopic (exact) mass is 413 g/mol. The average molecular weight is 414 g/mol. The van der Waals surface area contributed by atoms with Gasteiger partial charge < -0.3 is 0 Å². The van der Waals surface area contributed by atoms with E-state index in [0.717, 1.165) is 0 Å². The van der Waals surface area contributed by atoms with Crippen molar-refractivity contribution in [3.05, 3.63) is 131 Å². The summed E-state index contributed by atoms with van der Waals surface area (Å²) in [6.45, 7) is 6.66. The van der Waals surface area contributed by atoms with Crippen LogP contribution in [0.15, 0.2) is 103 Å². The van der Waals surface area contributed by atoms with Gasteiger partial charge in [0.15, 0.2) is 0 Å². The zero-order valence-electron chi connectivity index (χ0n) is 19.9. The van der Waals surface area contributed by atoms with E-state index in [9.17, 15) is 1.37 Å². The molecule has 0 heteroatoms. The predicted octanol–water partition coefficient (Wildman–Crippen LogP) is 8.26. The molecule has 1 aliphatic rings. The van der Waals surface area contributed by atoms with Crippen molar-refractivity contribution in [1.82, 2.24) is 0 Å². The van der Waals surface area contributed by atoms with Crippen molar-refractivity contribution in [2.75, 3.05) is 0 Å². The molecule has 1 saturated carbocycles. The fraction of sp³-hybridized carbons (Fsp3) is 0.188. The highest BCUT2D eigenvalue weighted by Gasteiger charge is 2.67. The molecular formula is C32H28. The van der Waals surface area contributed by atoms with Crippen LogP contribution in [0.5, 0.6) is 0 Å². The molecule has 156 valence electrons. The zero-order valence-corrected chi connectivity index (χ0v) is 18.9. The van der Waals surface area contributed by atoms with Gasteiger partial charge >= 0.3 is 0 Å². The summed E-state index contributed by atoms with van der Waals surface area (Å²) >= 11 is 0. The minimum Gasteiger partial charge on any atom is -0.0622 e. The Morgan fingerprint density at radius 1 is 0.562 bits per heavy atom. The molecule has 0 saturated heterocycles. The summed E-state index contributed by atoms with van der Waals surface area (Å²) in [5.41, 5.74) is 5.57. The van der Waals surface area contributed by atoms with Crippen LogP contribution < -0.4 is 0 Å². The Morgan fingerprint density at radius 2 is 1.00 bits per heavy atom. The van der Waals surface area contributed by atoms with E-state index in [1.54, 1.807) is 0 Å². The van der Waals surface area contributed by atoms with Gasteiger partial charge in [0.1, 0.15) is 0 Å². The first-order valence-corrected chi connectivity index (χ1v) is 11.5. The van der Waals surface area contributed by atoms with Crippen LogP contribution in [0.25, 0.3) is 21.5 Å². The van der Waals surface area contributed by atoms with Crippen molar-refractivity contribution < 1.29 is 1.37 Å². The summed E-state index contributed by atoms with van der Waals surface area (Å²) < 4.78 is 9.62. The third kappa shape index (κ3) is 2.50. The highest BCUT2D eigenvalue weighted by molar-refractivity contribution is 5.95. The Morgan fingerprint density at radius 3 is 1.50 bits per heavy atom. The zero-order chi connectivity index (χ0) is 22.8. The van der Waals surface area contributed by atoms with Gasteiger partial charge in [0.05, 0.1) is 0 Å². The maximum atomic E-state index is 9.62. The molecule has 0 aromatic heterocycles. The fourth-order valence-electron chi connectivity index (χ4n) is 5.94. The second-order valence-electron chi connectivity index (χ2n) is 9.47. The van der Waals surface area contributed by atoms with E-state index >= 15 is 0 Å². The molecule has 0 nitrogen and oxygen atoms in total. The van der Waals surface area contributed by atoms with Crippen LogP contribution in [-0.4, -0.2) is 0 Å². The Balaban J connectivity index is 1.77. The van der Waals surface area contributed by atoms with Gasteiger partial charge in [0.2, 0.25) is 0 Å². The first kappa shape index (κ1) is 18.2. The maximum Gasteiger partial charge on any atom is 0.0318 e. The molecule has 1 aliphatic carbocycles. The van der Waals surface area contributed by atoms with Crippen molar-refractivity contribution >= 4 is 21.5 Å². The quantitative estimate of drug-likeness (QED) is 0.279. The van der Waals surface area contributed by atoms with Crippen LogP contribution in [0.3, 0.4) is 0 Å². The second-order valence-corrected chi connectivity index (χ2v) is 9.47. The number of aryl methyl sites for hydroxylation is 2. The molecule has 0 N–H and O–H groups in total. The third-order valence-electron chi connectivity index (χ3n) is 7.75. The van der Waals surface area contributed by atoms with Gasteiger partial charge in [-0.05, 0) is 69.6 Å². The molecular weight excluding hydrogens is 384 g/mol. The van der Waals surface area contributed by atoms with E-state index < -0.39 is 5.41 Å². The van der Waals surface area contributed by atoms with E-state index in [-0.39, 0.29) is 11.8 Å². The summed E-state index contributed by atoms with van der Waals surface area (Å²) in [6, 6.07) is 37.2. The number of fused-ring (bicyclic) bond motifs is 2. The van der Waals surface area contributed by atoms with Crippen molar-refractivity contribution in [3.63, 3.8) is 0 Å². The lowest BCUT2D eigenvalue weighted by Gasteiger charge is -2.28. The highest BCUT2D eigenvalue weighted by Crippen LogP contribution is 2.70. The van der Waals surface area contributed by atoms with Crippen LogP contribution in [0.2, 0.25) is 0 Å². The first-order chi connectivity index (χ1) is 16.0. The van der Waals surface area contributed by atoms with Crippen molar-refractivity contribution in [2.24, 2.45) is 0 Å². The van der Waals surface area contributed by atoms with E-state index in [1.165, 1.54) is 49.4 Å². The van der Waals surface area contributed by atoms with Gasteiger partial charge in [-0.2, -0.15) is 0 Å². The van der Waals surface area contributed by atoms with E-state index in [2.05, 4.69) is 124 Å².